The molecule has 1 aliphatic carbocycles. The third kappa shape index (κ3) is 7.07. The van der Waals surface area contributed by atoms with Crippen molar-refractivity contribution in [1.29, 1.82) is 0 Å². The molecule has 0 aliphatic heterocycles. The lowest BCUT2D eigenvalue weighted by atomic mass is 9.88. The minimum Gasteiger partial charge on any atom is -0.345 e. The maximum Gasteiger partial charge on any atom is 0.471 e. The fraction of sp³-hybridized carbons (Fsp3) is 0.500. The van der Waals surface area contributed by atoms with Gasteiger partial charge in [-0.05, 0) is 36.5 Å². The first-order valence-corrected chi connectivity index (χ1v) is 9.49. The van der Waals surface area contributed by atoms with Gasteiger partial charge in [-0.15, -0.1) is 0 Å². The predicted molar refractivity (Wildman–Crippen MR) is 99.5 cm³/mol. The van der Waals surface area contributed by atoms with E-state index in [-0.39, 0.29) is 18.2 Å². The van der Waals surface area contributed by atoms with Crippen LogP contribution in [0.4, 0.5) is 32.0 Å². The van der Waals surface area contributed by atoms with Crippen LogP contribution in [0.5, 0.6) is 0 Å². The highest BCUT2D eigenvalue weighted by molar-refractivity contribution is 5.97. The van der Waals surface area contributed by atoms with E-state index in [0.29, 0.717) is 5.56 Å². The number of nitrogens with zero attached hydrogens (tertiary/aromatic N) is 1. The highest BCUT2D eigenvalue weighted by Crippen LogP contribution is 2.30. The van der Waals surface area contributed by atoms with Crippen LogP contribution >= 0.6 is 0 Å². The van der Waals surface area contributed by atoms with Crippen molar-refractivity contribution in [3.63, 3.8) is 0 Å². The van der Waals surface area contributed by atoms with E-state index < -0.39 is 30.7 Å². The van der Waals surface area contributed by atoms with Crippen LogP contribution in [-0.2, 0) is 9.59 Å². The zero-order valence-electron chi connectivity index (χ0n) is 16.0. The summed E-state index contributed by atoms with van der Waals surface area (Å²) in [6.07, 6.45) is -3.09. The molecule has 0 unspecified atom stereocenters. The molecule has 0 radical (unpaired) electrons. The zero-order valence-corrected chi connectivity index (χ0v) is 16.0. The molecule has 1 saturated carbocycles. The van der Waals surface area contributed by atoms with Crippen LogP contribution in [0.25, 0.3) is 6.08 Å². The van der Waals surface area contributed by atoms with Crippen molar-refractivity contribution in [1.82, 2.24) is 5.32 Å². The Balaban J connectivity index is 2.13. The number of alkyl halides is 6. The first-order valence-electron chi connectivity index (χ1n) is 9.49. The van der Waals surface area contributed by atoms with Gasteiger partial charge in [0.2, 0.25) is 0 Å². The Morgan fingerprint density at radius 1 is 1.03 bits per heavy atom. The van der Waals surface area contributed by atoms with Crippen LogP contribution in [0, 0.1) is 5.92 Å². The molecule has 1 aromatic carbocycles. The number of carbonyl (C=O) groups is 2. The Hall–Kier alpha value is -2.52. The van der Waals surface area contributed by atoms with Gasteiger partial charge in [0.05, 0.1) is 0 Å². The van der Waals surface area contributed by atoms with Crippen LogP contribution in [0.15, 0.2) is 30.3 Å². The maximum absolute atomic E-state index is 13.1. The van der Waals surface area contributed by atoms with Crippen LogP contribution in [0.3, 0.4) is 0 Å². The molecule has 2 rings (SSSR count). The summed E-state index contributed by atoms with van der Waals surface area (Å²) < 4.78 is 75.8. The number of benzene rings is 1. The Labute approximate surface area is 169 Å². The molecular weight excluding hydrogens is 414 g/mol. The molecule has 10 heteroatoms. The van der Waals surface area contributed by atoms with Gasteiger partial charge in [0.25, 0.3) is 0 Å². The summed E-state index contributed by atoms with van der Waals surface area (Å²) >= 11 is 0. The lowest BCUT2D eigenvalue weighted by molar-refractivity contribution is -0.173. The van der Waals surface area contributed by atoms with Gasteiger partial charge in [-0.1, -0.05) is 43.5 Å². The van der Waals surface area contributed by atoms with Gasteiger partial charge in [-0.25, -0.2) is 0 Å². The van der Waals surface area contributed by atoms with E-state index in [4.69, 9.17) is 0 Å². The summed E-state index contributed by atoms with van der Waals surface area (Å²) in [7, 11) is 0. The van der Waals surface area contributed by atoms with Crippen molar-refractivity contribution >= 4 is 23.6 Å². The number of amides is 2. The number of hydrogen-bond donors (Lipinski definition) is 1. The Bertz CT molecular complexity index is 767. The molecule has 30 heavy (non-hydrogen) atoms. The molecule has 2 amide bonds. The summed E-state index contributed by atoms with van der Waals surface area (Å²) in [5.74, 6) is -4.07. The average molecular weight is 436 g/mol. The number of halogens is 6. The number of hydrogen-bond acceptors (Lipinski definition) is 2. The van der Waals surface area contributed by atoms with E-state index in [9.17, 15) is 35.9 Å². The van der Waals surface area contributed by atoms with Crippen molar-refractivity contribution in [2.45, 2.75) is 44.5 Å². The highest BCUT2D eigenvalue weighted by atomic mass is 19.4. The topological polar surface area (TPSA) is 49.4 Å². The van der Waals surface area contributed by atoms with Crippen LogP contribution in [0.2, 0.25) is 0 Å². The SMILES string of the molecule is O=C(NC/C=C/c1cccc(N(CC2CCCCC2)C(=O)C(F)(F)F)c1)C(F)(F)F. The Kier molecular flexibility index (Phi) is 7.91. The average Bonchev–Trinajstić information content (AvgIpc) is 2.68. The first kappa shape index (κ1) is 23.8. The summed E-state index contributed by atoms with van der Waals surface area (Å²) in [6.45, 7) is -0.455. The molecule has 0 bridgehead atoms. The van der Waals surface area contributed by atoms with Gasteiger partial charge in [0.15, 0.2) is 0 Å². The third-order valence-corrected chi connectivity index (χ3v) is 4.78. The van der Waals surface area contributed by atoms with Crippen molar-refractivity contribution in [2.24, 2.45) is 5.92 Å². The van der Waals surface area contributed by atoms with Crippen molar-refractivity contribution in [2.75, 3.05) is 18.0 Å². The lowest BCUT2D eigenvalue weighted by Gasteiger charge is -2.30. The standard InChI is InChI=1S/C20H22F6N2O2/c21-19(22,23)17(29)27-11-5-9-14-8-4-10-16(12-14)28(18(30)20(24,25)26)13-15-6-2-1-3-7-15/h4-5,8-10,12,15H,1-3,6-7,11,13H2,(H,27,29)/b9-5+. The van der Waals surface area contributed by atoms with Gasteiger partial charge in [-0.3, -0.25) is 9.59 Å². The van der Waals surface area contributed by atoms with Gasteiger partial charge < -0.3 is 10.2 Å². The Morgan fingerprint density at radius 2 is 1.70 bits per heavy atom. The Morgan fingerprint density at radius 3 is 2.30 bits per heavy atom. The summed E-state index contributed by atoms with van der Waals surface area (Å²) in [4.78, 5) is 23.5. The fourth-order valence-electron chi connectivity index (χ4n) is 3.33. The van der Waals surface area contributed by atoms with Crippen LogP contribution < -0.4 is 10.2 Å². The number of carbonyl (C=O) groups excluding carboxylic acids is 2. The fourth-order valence-corrected chi connectivity index (χ4v) is 3.33. The summed E-state index contributed by atoms with van der Waals surface area (Å²) in [5.41, 5.74) is 0.446. The van der Waals surface area contributed by atoms with Crippen LogP contribution in [-0.4, -0.2) is 37.3 Å². The number of nitrogens with one attached hydrogen (secondary N) is 1. The van der Waals surface area contributed by atoms with E-state index in [1.807, 2.05) is 0 Å². The van der Waals surface area contributed by atoms with Gasteiger partial charge in [0, 0.05) is 18.8 Å². The second kappa shape index (κ2) is 9.99. The molecule has 0 spiro atoms. The largest absolute Gasteiger partial charge is 0.471 e. The lowest BCUT2D eigenvalue weighted by Crippen LogP contribution is -2.44. The molecule has 1 N–H and O–H groups in total. The third-order valence-electron chi connectivity index (χ3n) is 4.78. The summed E-state index contributed by atoms with van der Waals surface area (Å²) in [5, 5.41) is 1.66. The zero-order chi connectivity index (χ0) is 22.4. The predicted octanol–water partition coefficient (Wildman–Crippen LogP) is 4.85. The number of rotatable bonds is 6. The van der Waals surface area contributed by atoms with E-state index in [1.54, 1.807) is 5.32 Å². The normalized spacial score (nSPS) is 15.9. The second-order valence-electron chi connectivity index (χ2n) is 7.12. The molecule has 1 aliphatic rings. The van der Waals surface area contributed by atoms with E-state index in [2.05, 4.69) is 0 Å². The highest BCUT2D eigenvalue weighted by Gasteiger charge is 2.43. The van der Waals surface area contributed by atoms with E-state index >= 15 is 0 Å². The first-order chi connectivity index (χ1) is 14.0. The van der Waals surface area contributed by atoms with Crippen molar-refractivity contribution in [3.05, 3.63) is 35.9 Å². The van der Waals surface area contributed by atoms with Gasteiger partial charge >= 0.3 is 24.2 Å². The minimum absolute atomic E-state index is 0.0261. The van der Waals surface area contributed by atoms with Gasteiger partial charge in [0.1, 0.15) is 0 Å². The monoisotopic (exact) mass is 436 g/mol. The number of anilines is 1. The molecule has 166 valence electrons. The smallest absolute Gasteiger partial charge is 0.345 e. The van der Waals surface area contributed by atoms with Gasteiger partial charge in [-0.2, -0.15) is 26.3 Å². The molecule has 0 heterocycles. The molecule has 4 nitrogen and oxygen atoms in total. The molecule has 0 atom stereocenters. The molecule has 1 aromatic rings. The molecular formula is C20H22F6N2O2. The minimum atomic E-state index is -5.03. The quantitative estimate of drug-likeness (QED) is 0.648. The molecule has 0 saturated heterocycles. The maximum atomic E-state index is 13.1. The van der Waals surface area contributed by atoms with E-state index in [1.165, 1.54) is 36.4 Å². The molecule has 0 aromatic heterocycles. The van der Waals surface area contributed by atoms with E-state index in [0.717, 1.165) is 37.0 Å². The molecule has 1 fully saturated rings. The van der Waals surface area contributed by atoms with Crippen LogP contribution in [0.1, 0.15) is 37.7 Å². The van der Waals surface area contributed by atoms with Crippen molar-refractivity contribution in [3.8, 4) is 0 Å². The summed E-state index contributed by atoms with van der Waals surface area (Å²) in [6, 6.07) is 5.73. The van der Waals surface area contributed by atoms with Crippen molar-refractivity contribution < 1.29 is 35.9 Å². The second-order valence-corrected chi connectivity index (χ2v) is 7.12.